The largest absolute Gasteiger partial charge is 0.480 e. The summed E-state index contributed by atoms with van der Waals surface area (Å²) in [5.41, 5.74) is 0. The molecule has 0 aromatic heterocycles. The Bertz CT molecular complexity index is 385. The van der Waals surface area contributed by atoms with Gasteiger partial charge in [0.1, 0.15) is 0 Å². The van der Waals surface area contributed by atoms with Crippen molar-refractivity contribution in [3.63, 3.8) is 0 Å². The highest BCUT2D eigenvalue weighted by atomic mass is 16.4. The lowest BCUT2D eigenvalue weighted by Crippen LogP contribution is -2.56. The molecule has 0 aliphatic heterocycles. The Labute approximate surface area is 141 Å². The molecule has 0 amide bonds. The van der Waals surface area contributed by atoms with E-state index in [0.29, 0.717) is 18.1 Å². The van der Waals surface area contributed by atoms with Crippen LogP contribution in [0.3, 0.4) is 0 Å². The zero-order valence-corrected chi connectivity index (χ0v) is 14.7. The molecule has 4 heteroatoms. The van der Waals surface area contributed by atoms with E-state index in [0.717, 1.165) is 31.2 Å². The van der Waals surface area contributed by atoms with Gasteiger partial charge in [0, 0.05) is 24.7 Å². The van der Waals surface area contributed by atoms with E-state index in [1.54, 1.807) is 0 Å². The highest BCUT2D eigenvalue weighted by Gasteiger charge is 2.38. The first-order valence-electron chi connectivity index (χ1n) is 9.87. The van der Waals surface area contributed by atoms with Gasteiger partial charge in [-0.25, -0.2) is 0 Å². The quantitative estimate of drug-likeness (QED) is 0.648. The van der Waals surface area contributed by atoms with Crippen LogP contribution in [0.5, 0.6) is 0 Å². The van der Waals surface area contributed by atoms with Crippen LogP contribution in [0, 0.1) is 11.8 Å². The minimum absolute atomic E-state index is 0.231. The van der Waals surface area contributed by atoms with Crippen LogP contribution in [0.1, 0.15) is 71.1 Å². The van der Waals surface area contributed by atoms with E-state index in [2.05, 4.69) is 17.1 Å². The second-order valence-electron chi connectivity index (χ2n) is 8.20. The Hall–Kier alpha value is -0.610. The zero-order chi connectivity index (χ0) is 16.2. The molecule has 4 nitrogen and oxygen atoms in total. The molecule has 0 spiro atoms. The van der Waals surface area contributed by atoms with E-state index in [-0.39, 0.29) is 6.54 Å². The molecule has 0 saturated heterocycles. The summed E-state index contributed by atoms with van der Waals surface area (Å²) in [5, 5.41) is 13.1. The lowest BCUT2D eigenvalue weighted by molar-refractivity contribution is -0.139. The number of carboxylic acids is 1. The van der Waals surface area contributed by atoms with Gasteiger partial charge >= 0.3 is 5.97 Å². The Kier molecular flexibility index (Phi) is 5.97. The van der Waals surface area contributed by atoms with E-state index < -0.39 is 5.97 Å². The van der Waals surface area contributed by atoms with Crippen LogP contribution in [0.2, 0.25) is 0 Å². The van der Waals surface area contributed by atoms with Crippen molar-refractivity contribution in [1.29, 1.82) is 0 Å². The zero-order valence-electron chi connectivity index (χ0n) is 14.7. The fourth-order valence-corrected chi connectivity index (χ4v) is 4.60. The average Bonchev–Trinajstić information content (AvgIpc) is 3.11. The van der Waals surface area contributed by atoms with E-state index in [9.17, 15) is 4.79 Å². The maximum Gasteiger partial charge on any atom is 0.317 e. The molecule has 132 valence electrons. The van der Waals surface area contributed by atoms with Crippen molar-refractivity contribution in [2.24, 2.45) is 11.8 Å². The Morgan fingerprint density at radius 2 is 1.91 bits per heavy atom. The van der Waals surface area contributed by atoms with Crippen LogP contribution < -0.4 is 5.32 Å². The third kappa shape index (κ3) is 4.93. The normalized spacial score (nSPS) is 29.7. The minimum atomic E-state index is -0.670. The standard InChI is InChI=1S/C19H34N2O2/c1-2-5-18(15-6-3-4-7-15)20-16-10-17(11-16)21(13-19(22)23)12-14-8-9-14/h14-18,20H,2-13H2,1H3,(H,22,23). The molecular weight excluding hydrogens is 288 g/mol. The summed E-state index contributed by atoms with van der Waals surface area (Å²) in [6.07, 6.45) is 13.1. The van der Waals surface area contributed by atoms with Crippen molar-refractivity contribution < 1.29 is 9.90 Å². The third-order valence-corrected chi connectivity index (χ3v) is 6.18. The number of hydrogen-bond acceptors (Lipinski definition) is 3. The van der Waals surface area contributed by atoms with Gasteiger partial charge in [0.05, 0.1) is 6.54 Å². The molecule has 3 aliphatic carbocycles. The smallest absolute Gasteiger partial charge is 0.317 e. The number of carboxylic acid groups (broad SMARTS) is 1. The van der Waals surface area contributed by atoms with E-state index in [1.165, 1.54) is 51.4 Å². The van der Waals surface area contributed by atoms with Crippen molar-refractivity contribution in [2.45, 2.75) is 89.3 Å². The third-order valence-electron chi connectivity index (χ3n) is 6.18. The second-order valence-corrected chi connectivity index (χ2v) is 8.20. The van der Waals surface area contributed by atoms with Crippen molar-refractivity contribution >= 4 is 5.97 Å². The van der Waals surface area contributed by atoms with Gasteiger partial charge in [0.15, 0.2) is 0 Å². The fraction of sp³-hybridized carbons (Fsp3) is 0.947. The number of hydrogen-bond donors (Lipinski definition) is 2. The molecule has 3 rings (SSSR count). The first-order valence-corrected chi connectivity index (χ1v) is 9.87. The molecule has 0 radical (unpaired) electrons. The summed E-state index contributed by atoms with van der Waals surface area (Å²) < 4.78 is 0. The van der Waals surface area contributed by atoms with Crippen molar-refractivity contribution in [1.82, 2.24) is 10.2 Å². The average molecular weight is 322 g/mol. The first-order chi connectivity index (χ1) is 11.2. The molecule has 3 aliphatic rings. The SMILES string of the molecule is CCCC(NC1CC(N(CC(=O)O)CC2CC2)C1)C1CCCC1. The first kappa shape index (κ1) is 17.2. The van der Waals surface area contributed by atoms with Crippen LogP contribution in [0.4, 0.5) is 0 Å². The van der Waals surface area contributed by atoms with Gasteiger partial charge in [0.25, 0.3) is 0 Å². The molecule has 0 bridgehead atoms. The molecule has 23 heavy (non-hydrogen) atoms. The highest BCUT2D eigenvalue weighted by molar-refractivity contribution is 5.69. The Morgan fingerprint density at radius 3 is 2.48 bits per heavy atom. The van der Waals surface area contributed by atoms with Crippen LogP contribution >= 0.6 is 0 Å². The van der Waals surface area contributed by atoms with Crippen LogP contribution in [-0.2, 0) is 4.79 Å². The van der Waals surface area contributed by atoms with Crippen molar-refractivity contribution in [3.8, 4) is 0 Å². The van der Waals surface area contributed by atoms with Crippen LogP contribution in [0.15, 0.2) is 0 Å². The lowest BCUT2D eigenvalue weighted by Gasteiger charge is -2.45. The topological polar surface area (TPSA) is 52.6 Å². The van der Waals surface area contributed by atoms with Gasteiger partial charge in [-0.1, -0.05) is 26.2 Å². The highest BCUT2D eigenvalue weighted by Crippen LogP contribution is 2.35. The molecule has 0 aromatic carbocycles. The molecule has 1 unspecified atom stereocenters. The number of nitrogens with one attached hydrogen (secondary N) is 1. The van der Waals surface area contributed by atoms with E-state index in [1.807, 2.05) is 0 Å². The lowest BCUT2D eigenvalue weighted by atomic mass is 9.83. The summed E-state index contributed by atoms with van der Waals surface area (Å²) in [7, 11) is 0. The minimum Gasteiger partial charge on any atom is -0.480 e. The summed E-state index contributed by atoms with van der Waals surface area (Å²) >= 11 is 0. The van der Waals surface area contributed by atoms with Crippen molar-refractivity contribution in [3.05, 3.63) is 0 Å². The fourth-order valence-electron chi connectivity index (χ4n) is 4.60. The predicted octanol–water partition coefficient (Wildman–Crippen LogP) is 3.26. The summed E-state index contributed by atoms with van der Waals surface area (Å²) in [5.74, 6) is 0.986. The molecular formula is C19H34N2O2. The van der Waals surface area contributed by atoms with Crippen LogP contribution in [0.25, 0.3) is 0 Å². The molecule has 0 heterocycles. The van der Waals surface area contributed by atoms with E-state index >= 15 is 0 Å². The Balaban J connectivity index is 1.44. The molecule has 3 saturated carbocycles. The molecule has 2 N–H and O–H groups in total. The summed E-state index contributed by atoms with van der Waals surface area (Å²) in [6, 6.07) is 1.81. The van der Waals surface area contributed by atoms with Gasteiger partial charge in [-0.3, -0.25) is 9.69 Å². The van der Waals surface area contributed by atoms with Gasteiger partial charge in [0.2, 0.25) is 0 Å². The second kappa shape index (κ2) is 7.98. The van der Waals surface area contributed by atoms with Gasteiger partial charge in [-0.15, -0.1) is 0 Å². The number of rotatable bonds is 10. The maximum atomic E-state index is 11.1. The number of carbonyl (C=O) groups is 1. The number of aliphatic carboxylic acids is 1. The predicted molar refractivity (Wildman–Crippen MR) is 92.5 cm³/mol. The monoisotopic (exact) mass is 322 g/mol. The van der Waals surface area contributed by atoms with Gasteiger partial charge < -0.3 is 10.4 Å². The molecule has 0 aromatic rings. The van der Waals surface area contributed by atoms with Crippen LogP contribution in [-0.4, -0.2) is 47.2 Å². The van der Waals surface area contributed by atoms with Crippen molar-refractivity contribution in [2.75, 3.05) is 13.1 Å². The Morgan fingerprint density at radius 1 is 1.22 bits per heavy atom. The summed E-state index contributed by atoms with van der Waals surface area (Å²) in [4.78, 5) is 13.4. The van der Waals surface area contributed by atoms with Gasteiger partial charge in [-0.2, -0.15) is 0 Å². The molecule has 1 atom stereocenters. The van der Waals surface area contributed by atoms with Gasteiger partial charge in [-0.05, 0) is 56.8 Å². The maximum absolute atomic E-state index is 11.1. The number of nitrogens with zero attached hydrogens (tertiary/aromatic N) is 1. The summed E-state index contributed by atoms with van der Waals surface area (Å²) in [6.45, 7) is 3.52. The molecule has 3 fully saturated rings. The van der Waals surface area contributed by atoms with E-state index in [4.69, 9.17) is 5.11 Å².